The van der Waals surface area contributed by atoms with Crippen LogP contribution < -0.4 is 5.32 Å². The van der Waals surface area contributed by atoms with E-state index in [1.165, 1.54) is 20.2 Å². The Balaban J connectivity index is 1.65. The van der Waals surface area contributed by atoms with Crippen LogP contribution in [0.1, 0.15) is 39.5 Å². The largest absolute Gasteiger partial charge is 0.440 e. The highest BCUT2D eigenvalue weighted by Crippen LogP contribution is 2.54. The van der Waals surface area contributed by atoms with Gasteiger partial charge in [-0.3, -0.25) is 4.57 Å². The van der Waals surface area contributed by atoms with Crippen molar-refractivity contribution >= 4 is 17.0 Å². The molecule has 0 bridgehead atoms. The summed E-state index contributed by atoms with van der Waals surface area (Å²) in [6.07, 6.45) is 3.07. The van der Waals surface area contributed by atoms with Gasteiger partial charge >= 0.3 is 6.18 Å². The van der Waals surface area contributed by atoms with Crippen molar-refractivity contribution in [2.45, 2.75) is 81.6 Å². The van der Waals surface area contributed by atoms with Gasteiger partial charge in [0.25, 0.3) is 5.72 Å². The second kappa shape index (κ2) is 6.79. The van der Waals surface area contributed by atoms with Gasteiger partial charge in [0, 0.05) is 6.04 Å². The predicted octanol–water partition coefficient (Wildman–Crippen LogP) is 2.95. The van der Waals surface area contributed by atoms with E-state index in [0.717, 1.165) is 36.6 Å². The molecule has 4 atom stereocenters. The Morgan fingerprint density at radius 2 is 1.90 bits per heavy atom. The van der Waals surface area contributed by atoms with E-state index in [2.05, 4.69) is 26.2 Å². The first kappa shape index (κ1) is 20.5. The molecule has 11 heteroatoms. The molecule has 2 aliphatic heterocycles. The van der Waals surface area contributed by atoms with E-state index in [9.17, 15) is 13.2 Å². The lowest BCUT2D eigenvalue weighted by atomic mass is 10.0. The van der Waals surface area contributed by atoms with Crippen molar-refractivity contribution in [3.05, 3.63) is 12.7 Å². The van der Waals surface area contributed by atoms with Gasteiger partial charge < -0.3 is 19.5 Å². The molecule has 3 aliphatic rings. The molecule has 0 spiro atoms. The SMILES string of the molecule is C#C[C@H]1O[C@](n2cnc3c(NC4CCCC4)ncnc32)(C(F)(F)F)[C@@H]2OC(C)(C)O[C@@H]21. The van der Waals surface area contributed by atoms with Gasteiger partial charge in [-0.05, 0) is 26.7 Å². The standard InChI is InChI=1S/C20H22F3N5O3/c1-4-12-14-15(31-18(2,3)30-14)19(29-12,20(21,22)23)28-10-26-13-16(24-9-25-17(13)28)27-11-7-5-6-8-11/h1,9-12,14-15H,5-8H2,2-3H3,(H,24,25,27)/t12-,14-,15-,19+/m1/s1. The molecule has 8 nitrogen and oxygen atoms in total. The Labute approximate surface area is 176 Å². The average Bonchev–Trinajstić information content (AvgIpc) is 3.44. The van der Waals surface area contributed by atoms with Gasteiger partial charge in [0.05, 0.1) is 6.33 Å². The molecule has 0 unspecified atom stereocenters. The summed E-state index contributed by atoms with van der Waals surface area (Å²) in [5.74, 6) is 1.39. The van der Waals surface area contributed by atoms with Crippen LogP contribution in [0.4, 0.5) is 19.0 Å². The Hall–Kier alpha value is -2.42. The van der Waals surface area contributed by atoms with Crippen molar-refractivity contribution < 1.29 is 27.4 Å². The Morgan fingerprint density at radius 3 is 2.58 bits per heavy atom. The molecule has 3 fully saturated rings. The third kappa shape index (κ3) is 3.00. The molecule has 1 N–H and O–H groups in total. The van der Waals surface area contributed by atoms with Crippen molar-refractivity contribution in [2.75, 3.05) is 5.32 Å². The van der Waals surface area contributed by atoms with E-state index in [-0.39, 0.29) is 17.2 Å². The third-order valence-corrected chi connectivity index (χ3v) is 6.08. The summed E-state index contributed by atoms with van der Waals surface area (Å²) in [6.45, 7) is 3.08. The fraction of sp³-hybridized carbons (Fsp3) is 0.650. The van der Waals surface area contributed by atoms with Crippen LogP contribution in [0.2, 0.25) is 0 Å². The Morgan fingerprint density at radius 1 is 1.16 bits per heavy atom. The van der Waals surface area contributed by atoms with Gasteiger partial charge in [-0.2, -0.15) is 13.2 Å². The molecular weight excluding hydrogens is 415 g/mol. The van der Waals surface area contributed by atoms with Crippen molar-refractivity contribution in [1.29, 1.82) is 0 Å². The highest BCUT2D eigenvalue weighted by molar-refractivity contribution is 5.83. The van der Waals surface area contributed by atoms with Gasteiger partial charge in [0.15, 0.2) is 22.8 Å². The van der Waals surface area contributed by atoms with Gasteiger partial charge in [-0.1, -0.05) is 18.8 Å². The van der Waals surface area contributed by atoms with Crippen LogP contribution >= 0.6 is 0 Å². The lowest BCUT2D eigenvalue weighted by molar-refractivity contribution is -0.341. The third-order valence-electron chi connectivity index (χ3n) is 6.08. The number of hydrogen-bond acceptors (Lipinski definition) is 7. The molecule has 1 aliphatic carbocycles. The summed E-state index contributed by atoms with van der Waals surface area (Å²) in [5, 5.41) is 3.28. The van der Waals surface area contributed by atoms with Crippen LogP contribution in [0.15, 0.2) is 12.7 Å². The van der Waals surface area contributed by atoms with Gasteiger partial charge in [-0.15, -0.1) is 6.42 Å². The first-order valence-corrected chi connectivity index (χ1v) is 10.2. The monoisotopic (exact) mass is 437 g/mol. The van der Waals surface area contributed by atoms with Crippen molar-refractivity contribution in [1.82, 2.24) is 19.5 Å². The number of nitrogens with zero attached hydrogens (tertiary/aromatic N) is 4. The van der Waals surface area contributed by atoms with Crippen LogP contribution in [0.5, 0.6) is 0 Å². The number of terminal acetylenes is 1. The van der Waals surface area contributed by atoms with E-state index in [0.29, 0.717) is 5.82 Å². The van der Waals surface area contributed by atoms with Crippen molar-refractivity contribution in [2.24, 2.45) is 0 Å². The van der Waals surface area contributed by atoms with E-state index in [1.807, 2.05) is 0 Å². The summed E-state index contributed by atoms with van der Waals surface area (Å²) in [4.78, 5) is 12.5. The van der Waals surface area contributed by atoms with Crippen molar-refractivity contribution in [3.63, 3.8) is 0 Å². The number of rotatable bonds is 3. The minimum absolute atomic E-state index is 0.0300. The van der Waals surface area contributed by atoms with E-state index < -0.39 is 36.0 Å². The maximum absolute atomic E-state index is 14.7. The smallest absolute Gasteiger partial charge is 0.365 e. The molecule has 0 aromatic carbocycles. The van der Waals surface area contributed by atoms with Gasteiger partial charge in [0.2, 0.25) is 0 Å². The number of fused-ring (bicyclic) bond motifs is 2. The van der Waals surface area contributed by atoms with Crippen LogP contribution in [-0.4, -0.2) is 55.8 Å². The van der Waals surface area contributed by atoms with Crippen LogP contribution in [-0.2, 0) is 19.9 Å². The minimum atomic E-state index is -4.90. The maximum atomic E-state index is 14.7. The fourth-order valence-electron chi connectivity index (χ4n) is 4.78. The molecule has 5 rings (SSSR count). The Kier molecular flexibility index (Phi) is 4.48. The van der Waals surface area contributed by atoms with Crippen LogP contribution in [0.3, 0.4) is 0 Å². The molecule has 31 heavy (non-hydrogen) atoms. The number of halogens is 3. The number of aromatic nitrogens is 4. The number of anilines is 1. The highest BCUT2D eigenvalue weighted by Gasteiger charge is 2.75. The molecule has 0 amide bonds. The molecule has 166 valence electrons. The number of nitrogens with one attached hydrogen (secondary N) is 1. The molecular formula is C20H22F3N5O3. The molecule has 2 saturated heterocycles. The highest BCUT2D eigenvalue weighted by atomic mass is 19.4. The first-order chi connectivity index (χ1) is 14.7. The zero-order valence-electron chi connectivity index (χ0n) is 17.0. The van der Waals surface area contributed by atoms with Crippen molar-refractivity contribution in [3.8, 4) is 12.3 Å². The van der Waals surface area contributed by atoms with E-state index >= 15 is 0 Å². The second-order valence-electron chi connectivity index (χ2n) is 8.55. The second-order valence-corrected chi connectivity index (χ2v) is 8.55. The number of hydrogen-bond donors (Lipinski definition) is 1. The van der Waals surface area contributed by atoms with Crippen LogP contribution in [0.25, 0.3) is 11.2 Å². The fourth-order valence-corrected chi connectivity index (χ4v) is 4.78. The zero-order chi connectivity index (χ0) is 22.0. The van der Waals surface area contributed by atoms with Crippen LogP contribution in [0, 0.1) is 12.3 Å². The number of ether oxygens (including phenoxy) is 3. The summed E-state index contributed by atoms with van der Waals surface area (Å²) in [6, 6.07) is 0.199. The normalized spacial score (nSPS) is 33.0. The molecule has 2 aromatic rings. The van der Waals surface area contributed by atoms with Gasteiger partial charge in [-0.25, -0.2) is 15.0 Å². The maximum Gasteiger partial charge on any atom is 0.440 e. The van der Waals surface area contributed by atoms with E-state index in [4.69, 9.17) is 20.6 Å². The molecule has 4 heterocycles. The van der Waals surface area contributed by atoms with Gasteiger partial charge in [0.1, 0.15) is 24.6 Å². The summed E-state index contributed by atoms with van der Waals surface area (Å²) < 4.78 is 61.8. The lowest BCUT2D eigenvalue weighted by Gasteiger charge is -2.36. The quantitative estimate of drug-likeness (QED) is 0.740. The lowest BCUT2D eigenvalue weighted by Crippen LogP contribution is -2.56. The topological polar surface area (TPSA) is 83.3 Å². The molecule has 1 saturated carbocycles. The molecule has 2 aromatic heterocycles. The summed E-state index contributed by atoms with van der Waals surface area (Å²) in [7, 11) is 0. The zero-order valence-corrected chi connectivity index (χ0v) is 17.0. The van der Waals surface area contributed by atoms with E-state index in [1.54, 1.807) is 0 Å². The summed E-state index contributed by atoms with van der Waals surface area (Å²) in [5.41, 5.74) is -2.76. The number of alkyl halides is 3. The average molecular weight is 437 g/mol. The predicted molar refractivity (Wildman–Crippen MR) is 103 cm³/mol. The Bertz CT molecular complexity index is 1040. The summed E-state index contributed by atoms with van der Waals surface area (Å²) >= 11 is 0. The number of imidazole rings is 1. The first-order valence-electron chi connectivity index (χ1n) is 10.2. The molecule has 0 radical (unpaired) electrons. The minimum Gasteiger partial charge on any atom is -0.365 e.